The van der Waals surface area contributed by atoms with Gasteiger partial charge in [-0.1, -0.05) is 19.6 Å². The van der Waals surface area contributed by atoms with Crippen LogP contribution in [0.5, 0.6) is 0 Å². The summed E-state index contributed by atoms with van der Waals surface area (Å²) in [5, 5.41) is 9.80. The Hall–Kier alpha value is -0.543. The number of hydrogen-bond donors (Lipinski definition) is 1. The SMILES string of the molecule is C[Si](C)(C)c1ccc(CO)o1. The van der Waals surface area contributed by atoms with Crippen LogP contribution in [-0.2, 0) is 6.61 Å². The van der Waals surface area contributed by atoms with Crippen molar-refractivity contribution in [1.29, 1.82) is 0 Å². The van der Waals surface area contributed by atoms with Crippen molar-refractivity contribution in [2.75, 3.05) is 0 Å². The third-order valence-electron chi connectivity index (χ3n) is 1.56. The maximum atomic E-state index is 8.74. The van der Waals surface area contributed by atoms with Crippen molar-refractivity contribution < 1.29 is 9.52 Å². The van der Waals surface area contributed by atoms with Gasteiger partial charge in [-0.15, -0.1) is 0 Å². The molecule has 1 aromatic rings. The second-order valence-corrected chi connectivity index (χ2v) is 8.67. The lowest BCUT2D eigenvalue weighted by molar-refractivity contribution is 0.250. The third-order valence-corrected chi connectivity index (χ3v) is 3.30. The van der Waals surface area contributed by atoms with Crippen molar-refractivity contribution in [2.24, 2.45) is 0 Å². The summed E-state index contributed by atoms with van der Waals surface area (Å²) in [6.07, 6.45) is 0. The molecule has 0 saturated heterocycles. The minimum atomic E-state index is -1.31. The maximum absolute atomic E-state index is 8.74. The number of aliphatic hydroxyl groups is 1. The maximum Gasteiger partial charge on any atom is 0.128 e. The van der Waals surface area contributed by atoms with E-state index in [1.807, 2.05) is 12.1 Å². The average molecular weight is 170 g/mol. The van der Waals surface area contributed by atoms with E-state index in [1.54, 1.807) is 0 Å². The lowest BCUT2D eigenvalue weighted by Crippen LogP contribution is -2.36. The highest BCUT2D eigenvalue weighted by molar-refractivity contribution is 6.87. The zero-order valence-corrected chi connectivity index (χ0v) is 8.22. The van der Waals surface area contributed by atoms with Crippen LogP contribution < -0.4 is 5.38 Å². The van der Waals surface area contributed by atoms with Gasteiger partial charge in [0.25, 0.3) is 0 Å². The van der Waals surface area contributed by atoms with Gasteiger partial charge in [-0.3, -0.25) is 0 Å². The van der Waals surface area contributed by atoms with E-state index in [2.05, 4.69) is 19.6 Å². The van der Waals surface area contributed by atoms with Gasteiger partial charge < -0.3 is 9.52 Å². The summed E-state index contributed by atoms with van der Waals surface area (Å²) >= 11 is 0. The molecule has 1 heterocycles. The highest BCUT2D eigenvalue weighted by Crippen LogP contribution is 2.06. The predicted molar refractivity (Wildman–Crippen MR) is 47.6 cm³/mol. The van der Waals surface area contributed by atoms with E-state index >= 15 is 0 Å². The lowest BCUT2D eigenvalue weighted by Gasteiger charge is -2.10. The fourth-order valence-electron chi connectivity index (χ4n) is 0.866. The van der Waals surface area contributed by atoms with Crippen LogP contribution in [0.4, 0.5) is 0 Å². The van der Waals surface area contributed by atoms with Crippen LogP contribution in [0.15, 0.2) is 16.5 Å². The summed E-state index contributed by atoms with van der Waals surface area (Å²) in [5.41, 5.74) is 0. The molecule has 0 amide bonds. The first-order chi connectivity index (χ1) is 5.04. The quantitative estimate of drug-likeness (QED) is 0.679. The zero-order valence-electron chi connectivity index (χ0n) is 7.22. The molecule has 0 atom stereocenters. The number of rotatable bonds is 2. The van der Waals surface area contributed by atoms with Crippen molar-refractivity contribution in [1.82, 2.24) is 0 Å². The molecule has 0 fully saturated rings. The number of aliphatic hydroxyl groups excluding tert-OH is 1. The summed E-state index contributed by atoms with van der Waals surface area (Å²) < 4.78 is 5.41. The normalized spacial score (nSPS) is 12.0. The van der Waals surface area contributed by atoms with Gasteiger partial charge in [0, 0.05) is 0 Å². The molecule has 0 aliphatic rings. The van der Waals surface area contributed by atoms with Crippen LogP contribution in [0.2, 0.25) is 19.6 Å². The molecule has 0 aromatic carbocycles. The molecule has 0 aliphatic heterocycles. The standard InChI is InChI=1S/C8H14O2Si/c1-11(2,3)8-5-4-7(6-9)10-8/h4-5,9H,6H2,1-3H3. The Morgan fingerprint density at radius 3 is 2.27 bits per heavy atom. The molecule has 0 bridgehead atoms. The van der Waals surface area contributed by atoms with Gasteiger partial charge in [-0.2, -0.15) is 0 Å². The highest BCUT2D eigenvalue weighted by atomic mass is 28.3. The average Bonchev–Trinajstić information content (AvgIpc) is 2.32. The van der Waals surface area contributed by atoms with E-state index in [-0.39, 0.29) is 6.61 Å². The molecule has 2 nitrogen and oxygen atoms in total. The highest BCUT2D eigenvalue weighted by Gasteiger charge is 2.20. The molecule has 0 spiro atoms. The molecule has 1 rings (SSSR count). The molecule has 0 radical (unpaired) electrons. The lowest BCUT2D eigenvalue weighted by atomic mass is 10.5. The first kappa shape index (κ1) is 8.55. The number of furan rings is 1. The van der Waals surface area contributed by atoms with Crippen LogP contribution in [-0.4, -0.2) is 13.2 Å². The van der Waals surface area contributed by atoms with Gasteiger partial charge in [0.1, 0.15) is 20.4 Å². The Labute approximate surface area is 67.9 Å². The molecular weight excluding hydrogens is 156 g/mol. The van der Waals surface area contributed by atoms with Crippen molar-refractivity contribution in [3.05, 3.63) is 17.9 Å². The van der Waals surface area contributed by atoms with Crippen molar-refractivity contribution in [2.45, 2.75) is 26.2 Å². The molecule has 0 aliphatic carbocycles. The summed E-state index contributed by atoms with van der Waals surface area (Å²) in [5.74, 6) is 0.669. The Morgan fingerprint density at radius 1 is 1.36 bits per heavy atom. The molecule has 0 unspecified atom stereocenters. The van der Waals surface area contributed by atoms with Crippen LogP contribution in [0, 0.1) is 0 Å². The van der Waals surface area contributed by atoms with Crippen LogP contribution in [0.25, 0.3) is 0 Å². The molecular formula is C8H14O2Si. The first-order valence-corrected chi connectivity index (χ1v) is 7.24. The Bertz CT molecular complexity index is 234. The van der Waals surface area contributed by atoms with E-state index in [1.165, 1.54) is 0 Å². The summed E-state index contributed by atoms with van der Waals surface area (Å²) in [6, 6.07) is 3.81. The molecule has 11 heavy (non-hydrogen) atoms. The van der Waals surface area contributed by atoms with Gasteiger partial charge in [0.15, 0.2) is 0 Å². The van der Waals surface area contributed by atoms with Crippen molar-refractivity contribution in [3.8, 4) is 0 Å². The number of hydrogen-bond acceptors (Lipinski definition) is 2. The van der Waals surface area contributed by atoms with Crippen LogP contribution >= 0.6 is 0 Å². The van der Waals surface area contributed by atoms with Crippen LogP contribution in [0.3, 0.4) is 0 Å². The Morgan fingerprint density at radius 2 is 2.00 bits per heavy atom. The van der Waals surface area contributed by atoms with Gasteiger partial charge in [-0.25, -0.2) is 0 Å². The smallest absolute Gasteiger partial charge is 0.128 e. The zero-order chi connectivity index (χ0) is 8.48. The fourth-order valence-corrected chi connectivity index (χ4v) is 1.89. The van der Waals surface area contributed by atoms with Crippen LogP contribution in [0.1, 0.15) is 5.76 Å². The Kier molecular flexibility index (Phi) is 2.20. The van der Waals surface area contributed by atoms with Gasteiger partial charge in [0.2, 0.25) is 0 Å². The molecule has 0 saturated carbocycles. The molecule has 1 N–H and O–H groups in total. The second-order valence-electron chi connectivity index (χ2n) is 3.67. The Balaban J connectivity index is 2.89. The second kappa shape index (κ2) is 2.83. The molecule has 62 valence electrons. The van der Waals surface area contributed by atoms with Crippen molar-refractivity contribution >= 4 is 13.5 Å². The van der Waals surface area contributed by atoms with E-state index in [0.29, 0.717) is 5.76 Å². The minimum absolute atomic E-state index is 0.00444. The fraction of sp³-hybridized carbons (Fsp3) is 0.500. The van der Waals surface area contributed by atoms with Gasteiger partial charge >= 0.3 is 0 Å². The van der Waals surface area contributed by atoms with E-state index < -0.39 is 8.07 Å². The summed E-state index contributed by atoms with van der Waals surface area (Å²) in [7, 11) is -1.31. The van der Waals surface area contributed by atoms with Gasteiger partial charge in [-0.05, 0) is 12.1 Å². The van der Waals surface area contributed by atoms with Gasteiger partial charge in [0.05, 0.1) is 5.38 Å². The monoisotopic (exact) mass is 170 g/mol. The first-order valence-electron chi connectivity index (χ1n) is 3.74. The molecule has 3 heteroatoms. The summed E-state index contributed by atoms with van der Waals surface area (Å²) in [4.78, 5) is 0. The van der Waals surface area contributed by atoms with E-state index in [0.717, 1.165) is 5.38 Å². The summed E-state index contributed by atoms with van der Waals surface area (Å²) in [6.45, 7) is 6.65. The minimum Gasteiger partial charge on any atom is -0.469 e. The predicted octanol–water partition coefficient (Wildman–Crippen LogP) is 1.32. The third kappa shape index (κ3) is 1.94. The van der Waals surface area contributed by atoms with E-state index in [9.17, 15) is 0 Å². The topological polar surface area (TPSA) is 33.4 Å². The van der Waals surface area contributed by atoms with Crippen molar-refractivity contribution in [3.63, 3.8) is 0 Å². The largest absolute Gasteiger partial charge is 0.469 e. The molecule has 1 aromatic heterocycles. The van der Waals surface area contributed by atoms with E-state index in [4.69, 9.17) is 9.52 Å².